The van der Waals surface area contributed by atoms with Gasteiger partial charge in [0.25, 0.3) is 0 Å². The number of hydrogen-bond acceptors (Lipinski definition) is 5. The summed E-state index contributed by atoms with van der Waals surface area (Å²) in [6.45, 7) is 2.25. The average molecular weight is 448 g/mol. The molecule has 1 N–H and O–H groups in total. The number of hydrogen-bond donors (Lipinski definition) is 1. The Labute approximate surface area is 159 Å². The highest BCUT2D eigenvalue weighted by Crippen LogP contribution is 2.38. The fourth-order valence-corrected chi connectivity index (χ4v) is 3.03. The molecule has 2 aromatic rings. The van der Waals surface area contributed by atoms with E-state index < -0.39 is 24.3 Å². The molecule has 1 aliphatic rings. The number of carbonyl (C=O) groups is 2. The van der Waals surface area contributed by atoms with Crippen molar-refractivity contribution in [3.05, 3.63) is 33.6 Å². The van der Waals surface area contributed by atoms with Crippen molar-refractivity contribution in [2.75, 3.05) is 12.1 Å². The van der Waals surface area contributed by atoms with Gasteiger partial charge in [0, 0.05) is 11.6 Å². The van der Waals surface area contributed by atoms with E-state index in [1.165, 1.54) is 26.0 Å². The molecule has 0 saturated carbocycles. The molecular formula is C16H13BrF3N3O4. The van der Waals surface area contributed by atoms with Crippen molar-refractivity contribution >= 4 is 33.3 Å². The van der Waals surface area contributed by atoms with Crippen LogP contribution in [0.5, 0.6) is 11.5 Å². The summed E-state index contributed by atoms with van der Waals surface area (Å²) in [5.74, 6) is -0.239. The lowest BCUT2D eigenvalue weighted by molar-refractivity contribution is -0.142. The van der Waals surface area contributed by atoms with Crippen LogP contribution in [-0.2, 0) is 17.5 Å². The Morgan fingerprint density at radius 1 is 1.30 bits per heavy atom. The zero-order valence-corrected chi connectivity index (χ0v) is 15.7. The van der Waals surface area contributed by atoms with Crippen LogP contribution in [0.15, 0.2) is 16.6 Å². The highest BCUT2D eigenvalue weighted by Gasteiger charge is 2.38. The molecule has 0 spiro atoms. The number of ether oxygens (including phenoxy) is 2. The van der Waals surface area contributed by atoms with Crippen LogP contribution in [0.1, 0.15) is 28.7 Å². The number of carbonyl (C=O) groups excluding carboxylic acids is 2. The summed E-state index contributed by atoms with van der Waals surface area (Å²) in [5, 5.41) is 5.96. The van der Waals surface area contributed by atoms with Crippen molar-refractivity contribution in [2.45, 2.75) is 26.6 Å². The molecular weight excluding hydrogens is 435 g/mol. The van der Waals surface area contributed by atoms with Crippen molar-refractivity contribution in [1.29, 1.82) is 0 Å². The van der Waals surface area contributed by atoms with Crippen molar-refractivity contribution in [3.63, 3.8) is 0 Å². The molecule has 0 fully saturated rings. The summed E-state index contributed by atoms with van der Waals surface area (Å²) in [6, 6.07) is 2.88. The van der Waals surface area contributed by atoms with E-state index in [2.05, 4.69) is 26.3 Å². The number of amides is 1. The molecule has 7 nitrogen and oxygen atoms in total. The van der Waals surface area contributed by atoms with E-state index in [0.717, 1.165) is 4.68 Å². The first-order valence-corrected chi connectivity index (χ1v) is 8.41. The third-order valence-corrected chi connectivity index (χ3v) is 4.81. The van der Waals surface area contributed by atoms with Gasteiger partial charge in [-0.2, -0.15) is 18.3 Å². The molecule has 144 valence electrons. The van der Waals surface area contributed by atoms with E-state index >= 15 is 0 Å². The highest BCUT2D eigenvalue weighted by atomic mass is 79.9. The van der Waals surface area contributed by atoms with Gasteiger partial charge in [-0.3, -0.25) is 14.3 Å². The lowest BCUT2D eigenvalue weighted by Gasteiger charge is -2.11. The fraction of sp³-hybridized carbons (Fsp3) is 0.312. The van der Waals surface area contributed by atoms with E-state index in [4.69, 9.17) is 9.47 Å². The van der Waals surface area contributed by atoms with Crippen molar-refractivity contribution < 1.29 is 32.2 Å². The third-order valence-electron chi connectivity index (χ3n) is 3.86. The van der Waals surface area contributed by atoms with Crippen molar-refractivity contribution in [1.82, 2.24) is 9.78 Å². The first-order valence-electron chi connectivity index (χ1n) is 7.62. The molecule has 0 aliphatic carbocycles. The van der Waals surface area contributed by atoms with Crippen LogP contribution in [0.2, 0.25) is 0 Å². The fourth-order valence-electron chi connectivity index (χ4n) is 2.52. The smallest absolute Gasteiger partial charge is 0.436 e. The van der Waals surface area contributed by atoms with Crippen LogP contribution in [0.4, 0.5) is 18.9 Å². The molecule has 0 saturated heterocycles. The number of fused-ring (bicyclic) bond motifs is 1. The molecule has 27 heavy (non-hydrogen) atoms. The maximum atomic E-state index is 12.9. The summed E-state index contributed by atoms with van der Waals surface area (Å²) in [7, 11) is 0. The van der Waals surface area contributed by atoms with E-state index in [1.807, 2.05) is 0 Å². The number of nitrogens with one attached hydrogen (secondary N) is 1. The third kappa shape index (κ3) is 3.77. The minimum Gasteiger partial charge on any atom is -0.454 e. The number of alkyl halides is 3. The number of benzene rings is 1. The van der Waals surface area contributed by atoms with Crippen LogP contribution in [-0.4, -0.2) is 28.3 Å². The van der Waals surface area contributed by atoms with Crippen LogP contribution >= 0.6 is 15.9 Å². The Kier molecular flexibility index (Phi) is 4.89. The van der Waals surface area contributed by atoms with Gasteiger partial charge in [0.1, 0.15) is 6.54 Å². The van der Waals surface area contributed by atoms with E-state index in [1.54, 1.807) is 0 Å². The van der Waals surface area contributed by atoms with Gasteiger partial charge >= 0.3 is 6.18 Å². The second-order valence-corrected chi connectivity index (χ2v) is 6.55. The molecule has 1 aromatic heterocycles. The van der Waals surface area contributed by atoms with Gasteiger partial charge in [-0.25, -0.2) is 0 Å². The maximum Gasteiger partial charge on any atom is 0.436 e. The molecule has 0 radical (unpaired) electrons. The quantitative estimate of drug-likeness (QED) is 0.724. The molecule has 0 atom stereocenters. The summed E-state index contributed by atoms with van der Waals surface area (Å²) < 4.78 is 49.9. The van der Waals surface area contributed by atoms with Gasteiger partial charge in [0.2, 0.25) is 12.7 Å². The van der Waals surface area contributed by atoms with Crippen LogP contribution < -0.4 is 14.8 Å². The minimum absolute atomic E-state index is 0.00912. The number of ketones is 1. The van der Waals surface area contributed by atoms with Gasteiger partial charge in [-0.05, 0) is 35.8 Å². The standard InChI is InChI=1S/C16H13BrF3N3O4/c1-7-14(17)15(16(18,19)20)22-23(7)5-13(25)21-10-4-12-11(26-6-27-12)3-9(10)8(2)24/h3-4H,5-6H2,1-2H3,(H,21,25). The zero-order chi connectivity index (χ0) is 19.9. The predicted octanol–water partition coefficient (Wildman–Crippen LogP) is 3.54. The first kappa shape index (κ1) is 19.2. The highest BCUT2D eigenvalue weighted by molar-refractivity contribution is 9.10. The maximum absolute atomic E-state index is 12.9. The lowest BCUT2D eigenvalue weighted by Crippen LogP contribution is -2.22. The monoisotopic (exact) mass is 447 g/mol. The molecule has 0 unspecified atom stereocenters. The largest absolute Gasteiger partial charge is 0.454 e. The topological polar surface area (TPSA) is 82.5 Å². The normalized spacial score (nSPS) is 13.0. The SMILES string of the molecule is CC(=O)c1cc2c(cc1NC(=O)Cn1nc(C(F)(F)F)c(Br)c1C)OCO2. The van der Waals surface area contributed by atoms with E-state index in [-0.39, 0.29) is 34.0 Å². The van der Waals surface area contributed by atoms with Gasteiger partial charge < -0.3 is 14.8 Å². The zero-order valence-electron chi connectivity index (χ0n) is 14.1. The number of nitrogens with zero attached hydrogens (tertiary/aromatic N) is 2. The van der Waals surface area contributed by atoms with Crippen LogP contribution in [0, 0.1) is 6.92 Å². The molecule has 1 aliphatic heterocycles. The number of halogens is 4. The van der Waals surface area contributed by atoms with Gasteiger partial charge in [0.15, 0.2) is 23.0 Å². The molecule has 1 amide bonds. The van der Waals surface area contributed by atoms with Crippen LogP contribution in [0.3, 0.4) is 0 Å². The number of Topliss-reactive ketones (excluding diaryl/α,β-unsaturated/α-hetero) is 1. The van der Waals surface area contributed by atoms with E-state index in [9.17, 15) is 22.8 Å². The molecule has 1 aromatic carbocycles. The number of rotatable bonds is 4. The second kappa shape index (κ2) is 6.87. The van der Waals surface area contributed by atoms with Gasteiger partial charge in [0.05, 0.1) is 15.9 Å². The second-order valence-electron chi connectivity index (χ2n) is 5.76. The average Bonchev–Trinajstić information content (AvgIpc) is 3.12. The summed E-state index contributed by atoms with van der Waals surface area (Å²) in [5.41, 5.74) is -0.589. The summed E-state index contributed by atoms with van der Waals surface area (Å²) in [4.78, 5) is 24.1. The van der Waals surface area contributed by atoms with Crippen molar-refractivity contribution in [3.8, 4) is 11.5 Å². The number of aromatic nitrogens is 2. The Bertz CT molecular complexity index is 940. The Morgan fingerprint density at radius 3 is 2.48 bits per heavy atom. The number of anilines is 1. The van der Waals surface area contributed by atoms with Crippen LogP contribution in [0.25, 0.3) is 0 Å². The molecule has 2 heterocycles. The van der Waals surface area contributed by atoms with Crippen molar-refractivity contribution in [2.24, 2.45) is 0 Å². The minimum atomic E-state index is -4.65. The van der Waals surface area contributed by atoms with Gasteiger partial charge in [-0.15, -0.1) is 0 Å². The van der Waals surface area contributed by atoms with E-state index in [0.29, 0.717) is 11.5 Å². The molecule has 3 rings (SSSR count). The summed E-state index contributed by atoms with van der Waals surface area (Å²) in [6.07, 6.45) is -4.65. The van der Waals surface area contributed by atoms with Gasteiger partial charge in [-0.1, -0.05) is 0 Å². The molecule has 11 heteroatoms. The lowest BCUT2D eigenvalue weighted by atomic mass is 10.1. The Hall–Kier alpha value is -2.56. The Morgan fingerprint density at radius 2 is 1.93 bits per heavy atom. The first-order chi connectivity index (χ1) is 12.6. The molecule has 0 bridgehead atoms. The predicted molar refractivity (Wildman–Crippen MR) is 90.9 cm³/mol. The Balaban J connectivity index is 1.84. The summed E-state index contributed by atoms with van der Waals surface area (Å²) >= 11 is 2.85.